The lowest BCUT2D eigenvalue weighted by molar-refractivity contribution is -0.132. The third-order valence-electron chi connectivity index (χ3n) is 2.57. The summed E-state index contributed by atoms with van der Waals surface area (Å²) in [6.45, 7) is 0. The van der Waals surface area contributed by atoms with Crippen LogP contribution in [0.2, 0.25) is 0 Å². The highest BCUT2D eigenvalue weighted by molar-refractivity contribution is 5.87. The second-order valence-electron chi connectivity index (χ2n) is 3.87. The highest BCUT2D eigenvalue weighted by atomic mass is 16.5. The number of esters is 1. The van der Waals surface area contributed by atoms with Gasteiger partial charge in [-0.25, -0.2) is 4.79 Å². The summed E-state index contributed by atoms with van der Waals surface area (Å²) >= 11 is 0. The van der Waals surface area contributed by atoms with Gasteiger partial charge < -0.3 is 9.15 Å². The molecule has 1 aliphatic heterocycles. The van der Waals surface area contributed by atoms with Crippen LogP contribution in [0.3, 0.4) is 0 Å². The van der Waals surface area contributed by atoms with Gasteiger partial charge in [-0.05, 0) is 18.2 Å². The van der Waals surface area contributed by atoms with Crippen LogP contribution in [0.15, 0.2) is 64.8 Å². The van der Waals surface area contributed by atoms with E-state index in [0.29, 0.717) is 11.5 Å². The summed E-state index contributed by atoms with van der Waals surface area (Å²) in [6, 6.07) is 13.6. The van der Waals surface area contributed by atoms with Crippen LogP contribution in [-0.4, -0.2) is 5.97 Å². The Morgan fingerprint density at radius 3 is 2.50 bits per heavy atom. The van der Waals surface area contributed by atoms with Crippen molar-refractivity contribution in [3.63, 3.8) is 0 Å². The molecule has 88 valence electrons. The molecule has 0 radical (unpaired) electrons. The zero-order chi connectivity index (χ0) is 12.4. The molecule has 18 heavy (non-hydrogen) atoms. The number of allylic oxidation sites excluding steroid dienone is 1. The van der Waals surface area contributed by atoms with Crippen molar-refractivity contribution in [2.45, 2.75) is 0 Å². The van der Waals surface area contributed by atoms with Crippen LogP contribution in [0, 0.1) is 0 Å². The van der Waals surface area contributed by atoms with E-state index in [1.54, 1.807) is 12.2 Å². The third-order valence-corrected chi connectivity index (χ3v) is 2.57. The zero-order valence-electron chi connectivity index (χ0n) is 9.50. The number of ether oxygens (including phenoxy) is 1. The second kappa shape index (κ2) is 4.37. The number of rotatable bonds is 2. The lowest BCUT2D eigenvalue weighted by Gasteiger charge is -1.95. The fourth-order valence-corrected chi connectivity index (χ4v) is 1.74. The first-order valence-electron chi connectivity index (χ1n) is 5.58. The molecule has 1 aliphatic rings. The highest BCUT2D eigenvalue weighted by Gasteiger charge is 2.10. The van der Waals surface area contributed by atoms with Crippen molar-refractivity contribution in [1.82, 2.24) is 0 Å². The van der Waals surface area contributed by atoms with E-state index in [1.165, 1.54) is 6.08 Å². The predicted octanol–water partition coefficient (Wildman–Crippen LogP) is 3.40. The molecule has 0 fully saturated rings. The van der Waals surface area contributed by atoms with Gasteiger partial charge in [-0.15, -0.1) is 0 Å². The molecule has 0 unspecified atom stereocenters. The third kappa shape index (κ3) is 2.11. The molecule has 3 heteroatoms. The van der Waals surface area contributed by atoms with Gasteiger partial charge in [0.15, 0.2) is 0 Å². The Kier molecular flexibility index (Phi) is 2.57. The smallest absolute Gasteiger partial charge is 0.336 e. The zero-order valence-corrected chi connectivity index (χ0v) is 9.50. The SMILES string of the molecule is O=C1C=C/C(=C/c2ccc(-c3ccccc3)o2)O1. The van der Waals surface area contributed by atoms with Crippen LogP contribution in [0.25, 0.3) is 17.4 Å². The summed E-state index contributed by atoms with van der Waals surface area (Å²) < 4.78 is 10.6. The van der Waals surface area contributed by atoms with Crippen molar-refractivity contribution in [3.05, 3.63) is 66.1 Å². The first kappa shape index (κ1) is 10.6. The van der Waals surface area contributed by atoms with Gasteiger partial charge in [0.25, 0.3) is 0 Å². The summed E-state index contributed by atoms with van der Waals surface area (Å²) in [5.74, 6) is 1.59. The van der Waals surface area contributed by atoms with Gasteiger partial charge in [-0.1, -0.05) is 30.3 Å². The van der Waals surface area contributed by atoms with Crippen LogP contribution in [0.5, 0.6) is 0 Å². The van der Waals surface area contributed by atoms with E-state index in [4.69, 9.17) is 9.15 Å². The van der Waals surface area contributed by atoms with Gasteiger partial charge in [0.2, 0.25) is 0 Å². The average Bonchev–Trinajstić information content (AvgIpc) is 3.01. The monoisotopic (exact) mass is 238 g/mol. The molecule has 2 heterocycles. The van der Waals surface area contributed by atoms with Gasteiger partial charge in [0.1, 0.15) is 17.3 Å². The maximum absolute atomic E-state index is 10.9. The van der Waals surface area contributed by atoms with Crippen molar-refractivity contribution >= 4 is 12.0 Å². The van der Waals surface area contributed by atoms with E-state index >= 15 is 0 Å². The molecule has 3 rings (SSSR count). The number of hydrogen-bond acceptors (Lipinski definition) is 3. The van der Waals surface area contributed by atoms with E-state index in [2.05, 4.69) is 0 Å². The van der Waals surface area contributed by atoms with Crippen LogP contribution < -0.4 is 0 Å². The Morgan fingerprint density at radius 2 is 1.78 bits per heavy atom. The largest absolute Gasteiger partial charge is 0.457 e. The Bertz CT molecular complexity index is 633. The van der Waals surface area contributed by atoms with Gasteiger partial charge in [-0.2, -0.15) is 0 Å². The summed E-state index contributed by atoms with van der Waals surface area (Å²) in [5, 5.41) is 0. The molecule has 2 aromatic rings. The van der Waals surface area contributed by atoms with Gasteiger partial charge in [-0.3, -0.25) is 0 Å². The quantitative estimate of drug-likeness (QED) is 0.753. The normalized spacial score (nSPS) is 16.2. The lowest BCUT2D eigenvalue weighted by atomic mass is 10.2. The topological polar surface area (TPSA) is 39.4 Å². The average molecular weight is 238 g/mol. The number of cyclic esters (lactones) is 1. The molecule has 1 aromatic heterocycles. The van der Waals surface area contributed by atoms with Crippen molar-refractivity contribution in [1.29, 1.82) is 0 Å². The van der Waals surface area contributed by atoms with E-state index < -0.39 is 0 Å². The Balaban J connectivity index is 1.87. The first-order valence-corrected chi connectivity index (χ1v) is 5.58. The van der Waals surface area contributed by atoms with Gasteiger partial charge in [0, 0.05) is 17.7 Å². The summed E-state index contributed by atoms with van der Waals surface area (Å²) in [6.07, 6.45) is 4.69. The van der Waals surface area contributed by atoms with Crippen LogP contribution in [0.4, 0.5) is 0 Å². The number of carbonyl (C=O) groups is 1. The van der Waals surface area contributed by atoms with E-state index in [0.717, 1.165) is 11.3 Å². The molecule has 0 N–H and O–H groups in total. The van der Waals surface area contributed by atoms with Crippen molar-refractivity contribution < 1.29 is 13.9 Å². The van der Waals surface area contributed by atoms with E-state index in [1.807, 2.05) is 42.5 Å². The molecular formula is C15H10O3. The minimum atomic E-state index is -0.351. The molecule has 0 spiro atoms. The molecule has 0 amide bonds. The van der Waals surface area contributed by atoms with E-state index in [9.17, 15) is 4.79 Å². The maximum Gasteiger partial charge on any atom is 0.336 e. The van der Waals surface area contributed by atoms with Crippen molar-refractivity contribution in [2.24, 2.45) is 0 Å². The molecule has 0 atom stereocenters. The summed E-state index contributed by atoms with van der Waals surface area (Å²) in [5.41, 5.74) is 1.01. The van der Waals surface area contributed by atoms with E-state index in [-0.39, 0.29) is 5.97 Å². The van der Waals surface area contributed by atoms with Crippen molar-refractivity contribution in [2.75, 3.05) is 0 Å². The number of carbonyl (C=O) groups excluding carboxylic acids is 1. The molecular weight excluding hydrogens is 228 g/mol. The highest BCUT2D eigenvalue weighted by Crippen LogP contribution is 2.24. The van der Waals surface area contributed by atoms with Crippen LogP contribution >= 0.6 is 0 Å². The van der Waals surface area contributed by atoms with Crippen molar-refractivity contribution in [3.8, 4) is 11.3 Å². The molecule has 0 saturated heterocycles. The van der Waals surface area contributed by atoms with Gasteiger partial charge >= 0.3 is 5.97 Å². The number of benzene rings is 1. The number of furan rings is 1. The Morgan fingerprint density at radius 1 is 0.944 bits per heavy atom. The first-order chi connectivity index (χ1) is 8.81. The fourth-order valence-electron chi connectivity index (χ4n) is 1.74. The summed E-state index contributed by atoms with van der Waals surface area (Å²) in [7, 11) is 0. The number of hydrogen-bond donors (Lipinski definition) is 0. The minimum Gasteiger partial charge on any atom is -0.457 e. The molecule has 0 aliphatic carbocycles. The lowest BCUT2D eigenvalue weighted by Crippen LogP contribution is -1.89. The fraction of sp³-hybridized carbons (Fsp3) is 0. The molecule has 3 nitrogen and oxygen atoms in total. The van der Waals surface area contributed by atoms with Crippen LogP contribution in [-0.2, 0) is 9.53 Å². The standard InChI is InChI=1S/C15H10O3/c16-15-9-7-13(18-15)10-12-6-8-14(17-12)11-4-2-1-3-5-11/h1-10H/b13-10-. The van der Waals surface area contributed by atoms with Gasteiger partial charge in [0.05, 0.1) is 0 Å². The molecule has 0 bridgehead atoms. The summed E-state index contributed by atoms with van der Waals surface area (Å²) in [4.78, 5) is 10.9. The Hall–Kier alpha value is -2.55. The second-order valence-corrected chi connectivity index (χ2v) is 3.87. The maximum atomic E-state index is 10.9. The predicted molar refractivity (Wildman–Crippen MR) is 67.4 cm³/mol. The minimum absolute atomic E-state index is 0.351. The molecule has 1 aromatic carbocycles. The Labute approximate surface area is 104 Å². The van der Waals surface area contributed by atoms with Crippen LogP contribution in [0.1, 0.15) is 5.76 Å². The molecule has 0 saturated carbocycles.